The molecule has 2 heterocycles. The predicted molar refractivity (Wildman–Crippen MR) is 58.1 cm³/mol. The zero-order chi connectivity index (χ0) is 11.4. The van der Waals surface area contributed by atoms with Gasteiger partial charge in [-0.2, -0.15) is 0 Å². The van der Waals surface area contributed by atoms with Crippen molar-refractivity contribution in [2.45, 2.75) is 5.88 Å². The smallest absolute Gasteiger partial charge is 0.223 e. The summed E-state index contributed by atoms with van der Waals surface area (Å²) in [6.07, 6.45) is 4.26. The van der Waals surface area contributed by atoms with Crippen LogP contribution in [0.1, 0.15) is 5.56 Å². The Morgan fingerprint density at radius 3 is 2.94 bits per heavy atom. The maximum atomic E-state index is 12.9. The lowest BCUT2D eigenvalue weighted by atomic mass is 10.3. The Bertz CT molecular complexity index is 479. The molecule has 0 aromatic carbocycles. The molecule has 0 saturated carbocycles. The zero-order valence-electron chi connectivity index (χ0n) is 8.23. The minimum absolute atomic E-state index is 0.139. The Morgan fingerprint density at radius 2 is 2.25 bits per heavy atom. The summed E-state index contributed by atoms with van der Waals surface area (Å²) >= 11 is 5.67. The summed E-state index contributed by atoms with van der Waals surface area (Å²) in [5, 5.41) is 0. The molecule has 0 aliphatic rings. The first kappa shape index (κ1) is 10.8. The van der Waals surface area contributed by atoms with Gasteiger partial charge in [-0.05, 0) is 18.2 Å². The maximum absolute atomic E-state index is 12.9. The molecule has 3 nitrogen and oxygen atoms in total. The van der Waals surface area contributed by atoms with Crippen molar-refractivity contribution in [3.05, 3.63) is 48.2 Å². The van der Waals surface area contributed by atoms with Crippen LogP contribution in [0.4, 0.5) is 4.39 Å². The van der Waals surface area contributed by atoms with Gasteiger partial charge < -0.3 is 4.74 Å². The lowest BCUT2D eigenvalue weighted by Gasteiger charge is -2.07. The quantitative estimate of drug-likeness (QED) is 0.771. The van der Waals surface area contributed by atoms with Gasteiger partial charge in [-0.1, -0.05) is 0 Å². The molecule has 2 aromatic rings. The molecule has 0 amide bonds. The molecule has 16 heavy (non-hydrogen) atoms. The number of pyridine rings is 2. The lowest BCUT2D eigenvalue weighted by Crippen LogP contribution is -1.94. The van der Waals surface area contributed by atoms with Gasteiger partial charge in [0, 0.05) is 11.8 Å². The SMILES string of the molecule is Fc1cnc(Oc2cccnc2)c(CCl)c1. The Hall–Kier alpha value is -1.68. The summed E-state index contributed by atoms with van der Waals surface area (Å²) in [6.45, 7) is 0. The molecular formula is C11H8ClFN2O. The van der Waals surface area contributed by atoms with Gasteiger partial charge >= 0.3 is 0 Å². The molecule has 2 rings (SSSR count). The second-order valence-electron chi connectivity index (χ2n) is 3.04. The van der Waals surface area contributed by atoms with Crippen LogP contribution < -0.4 is 4.74 Å². The molecule has 0 fully saturated rings. The molecule has 82 valence electrons. The molecule has 0 unspecified atom stereocenters. The minimum atomic E-state index is -0.436. The maximum Gasteiger partial charge on any atom is 0.223 e. The largest absolute Gasteiger partial charge is 0.437 e. The molecule has 0 N–H and O–H groups in total. The van der Waals surface area contributed by atoms with Crippen molar-refractivity contribution in [1.29, 1.82) is 0 Å². The number of hydrogen-bond acceptors (Lipinski definition) is 3. The van der Waals surface area contributed by atoms with Gasteiger partial charge in [0.1, 0.15) is 11.6 Å². The first-order valence-electron chi connectivity index (χ1n) is 4.58. The van der Waals surface area contributed by atoms with Crippen LogP contribution in [0.15, 0.2) is 36.8 Å². The fraction of sp³-hybridized carbons (Fsp3) is 0.0909. The lowest BCUT2D eigenvalue weighted by molar-refractivity contribution is 0.452. The average Bonchev–Trinajstić information content (AvgIpc) is 2.33. The van der Waals surface area contributed by atoms with Gasteiger partial charge in [0.2, 0.25) is 5.88 Å². The van der Waals surface area contributed by atoms with Crippen molar-refractivity contribution in [3.63, 3.8) is 0 Å². The number of nitrogens with zero attached hydrogens (tertiary/aromatic N) is 2. The van der Waals surface area contributed by atoms with E-state index >= 15 is 0 Å². The van der Waals surface area contributed by atoms with E-state index in [0.717, 1.165) is 6.20 Å². The fourth-order valence-electron chi connectivity index (χ4n) is 1.18. The zero-order valence-corrected chi connectivity index (χ0v) is 8.99. The molecule has 0 bridgehead atoms. The van der Waals surface area contributed by atoms with Crippen LogP contribution in [-0.2, 0) is 5.88 Å². The number of halogens is 2. The van der Waals surface area contributed by atoms with Crippen LogP contribution >= 0.6 is 11.6 Å². The number of aromatic nitrogens is 2. The number of ether oxygens (including phenoxy) is 1. The summed E-state index contributed by atoms with van der Waals surface area (Å²) in [6, 6.07) is 4.76. The van der Waals surface area contributed by atoms with E-state index in [1.54, 1.807) is 24.5 Å². The third-order valence-corrected chi connectivity index (χ3v) is 2.17. The highest BCUT2D eigenvalue weighted by atomic mass is 35.5. The summed E-state index contributed by atoms with van der Waals surface area (Å²) < 4.78 is 18.3. The van der Waals surface area contributed by atoms with E-state index < -0.39 is 5.82 Å². The minimum Gasteiger partial charge on any atom is -0.437 e. The fourth-order valence-corrected chi connectivity index (χ4v) is 1.37. The summed E-state index contributed by atoms with van der Waals surface area (Å²) in [4.78, 5) is 7.73. The molecule has 5 heteroatoms. The topological polar surface area (TPSA) is 35.0 Å². The molecule has 2 aromatic heterocycles. The van der Waals surface area contributed by atoms with Gasteiger partial charge in [0.05, 0.1) is 18.3 Å². The number of hydrogen-bond donors (Lipinski definition) is 0. The number of alkyl halides is 1. The normalized spacial score (nSPS) is 10.1. The van der Waals surface area contributed by atoms with Crippen molar-refractivity contribution >= 4 is 11.6 Å². The van der Waals surface area contributed by atoms with Crippen molar-refractivity contribution in [3.8, 4) is 11.6 Å². The summed E-state index contributed by atoms with van der Waals surface area (Å²) in [5.41, 5.74) is 0.505. The van der Waals surface area contributed by atoms with Crippen LogP contribution in [0.25, 0.3) is 0 Å². The first-order chi connectivity index (χ1) is 7.79. The standard InChI is InChI=1S/C11H8ClFN2O/c12-5-8-4-9(13)6-15-11(8)16-10-2-1-3-14-7-10/h1-4,6-7H,5H2. The third kappa shape index (κ3) is 2.46. The number of rotatable bonds is 3. The predicted octanol–water partition coefficient (Wildman–Crippen LogP) is 3.15. The molecule has 0 aliphatic heterocycles. The van der Waals surface area contributed by atoms with Crippen molar-refractivity contribution in [1.82, 2.24) is 9.97 Å². The van der Waals surface area contributed by atoms with E-state index in [4.69, 9.17) is 16.3 Å². The highest BCUT2D eigenvalue weighted by Crippen LogP contribution is 2.23. The van der Waals surface area contributed by atoms with E-state index in [1.807, 2.05) is 0 Å². The van der Waals surface area contributed by atoms with E-state index in [2.05, 4.69) is 9.97 Å². The molecule has 0 saturated heterocycles. The molecule has 0 spiro atoms. The second-order valence-corrected chi connectivity index (χ2v) is 3.31. The van der Waals surface area contributed by atoms with E-state index in [1.165, 1.54) is 6.07 Å². The van der Waals surface area contributed by atoms with Crippen LogP contribution in [0, 0.1) is 5.82 Å². The molecule has 0 aliphatic carbocycles. The van der Waals surface area contributed by atoms with Crippen molar-refractivity contribution in [2.24, 2.45) is 0 Å². The van der Waals surface area contributed by atoms with E-state index in [-0.39, 0.29) is 5.88 Å². The van der Waals surface area contributed by atoms with Gasteiger partial charge in [-0.15, -0.1) is 11.6 Å². The monoisotopic (exact) mass is 238 g/mol. The molecule has 0 atom stereocenters. The molecular weight excluding hydrogens is 231 g/mol. The Morgan fingerprint density at radius 1 is 1.38 bits per heavy atom. The second kappa shape index (κ2) is 4.90. The van der Waals surface area contributed by atoms with E-state index in [0.29, 0.717) is 17.2 Å². The first-order valence-corrected chi connectivity index (χ1v) is 5.11. The van der Waals surface area contributed by atoms with Crippen molar-refractivity contribution in [2.75, 3.05) is 0 Å². The van der Waals surface area contributed by atoms with Gasteiger partial charge in [0.25, 0.3) is 0 Å². The van der Waals surface area contributed by atoms with Gasteiger partial charge in [-0.3, -0.25) is 4.98 Å². The Labute approximate surface area is 96.9 Å². The van der Waals surface area contributed by atoms with E-state index in [9.17, 15) is 4.39 Å². The van der Waals surface area contributed by atoms with Crippen LogP contribution in [0.3, 0.4) is 0 Å². The highest BCUT2D eigenvalue weighted by Gasteiger charge is 2.07. The van der Waals surface area contributed by atoms with Crippen LogP contribution in [0.2, 0.25) is 0 Å². The highest BCUT2D eigenvalue weighted by molar-refractivity contribution is 6.17. The summed E-state index contributed by atoms with van der Waals surface area (Å²) in [5.74, 6) is 0.534. The van der Waals surface area contributed by atoms with Gasteiger partial charge in [-0.25, -0.2) is 9.37 Å². The average molecular weight is 239 g/mol. The third-order valence-electron chi connectivity index (χ3n) is 1.88. The Kier molecular flexibility index (Phi) is 3.31. The van der Waals surface area contributed by atoms with Crippen LogP contribution in [0.5, 0.6) is 11.6 Å². The summed E-state index contributed by atoms with van der Waals surface area (Å²) in [7, 11) is 0. The molecule has 0 radical (unpaired) electrons. The van der Waals surface area contributed by atoms with Gasteiger partial charge in [0.15, 0.2) is 0 Å². The van der Waals surface area contributed by atoms with Crippen molar-refractivity contribution < 1.29 is 9.13 Å². The Balaban J connectivity index is 2.28. The van der Waals surface area contributed by atoms with Crippen LogP contribution in [-0.4, -0.2) is 9.97 Å².